The van der Waals surface area contributed by atoms with Crippen molar-refractivity contribution in [1.29, 1.82) is 0 Å². The van der Waals surface area contributed by atoms with Crippen molar-refractivity contribution in [3.05, 3.63) is 40.2 Å². The number of anilines is 1. The van der Waals surface area contributed by atoms with Crippen LogP contribution in [0.4, 0.5) is 5.82 Å². The molecule has 0 bridgehead atoms. The van der Waals surface area contributed by atoms with Gasteiger partial charge in [0.05, 0.1) is 6.54 Å². The van der Waals surface area contributed by atoms with Crippen molar-refractivity contribution in [3.63, 3.8) is 0 Å². The molecule has 2 aromatic heterocycles. The third kappa shape index (κ3) is 3.47. The van der Waals surface area contributed by atoms with Crippen LogP contribution in [-0.4, -0.2) is 9.97 Å². The third-order valence-corrected chi connectivity index (χ3v) is 3.20. The standard InChI is InChI=1S/C14H18ClN3O/c1-4-5-12-17-13(15)10(3)14(18-12)16-8-11-7-6-9(2)19-11/h6-7H,4-5,8H2,1-3H3,(H,16,17,18). The first-order valence-electron chi connectivity index (χ1n) is 6.42. The lowest BCUT2D eigenvalue weighted by molar-refractivity contribution is 0.490. The van der Waals surface area contributed by atoms with E-state index in [2.05, 4.69) is 22.2 Å². The summed E-state index contributed by atoms with van der Waals surface area (Å²) in [7, 11) is 0. The van der Waals surface area contributed by atoms with Crippen LogP contribution >= 0.6 is 11.6 Å². The molecule has 0 aromatic carbocycles. The molecule has 2 heterocycles. The van der Waals surface area contributed by atoms with Gasteiger partial charge < -0.3 is 9.73 Å². The Morgan fingerprint density at radius 1 is 1.26 bits per heavy atom. The molecule has 19 heavy (non-hydrogen) atoms. The first-order chi connectivity index (χ1) is 9.10. The van der Waals surface area contributed by atoms with Gasteiger partial charge in [0.15, 0.2) is 0 Å². The van der Waals surface area contributed by atoms with Crippen molar-refractivity contribution >= 4 is 17.4 Å². The van der Waals surface area contributed by atoms with Gasteiger partial charge in [-0.25, -0.2) is 9.97 Å². The van der Waals surface area contributed by atoms with Crippen LogP contribution in [-0.2, 0) is 13.0 Å². The third-order valence-electron chi connectivity index (χ3n) is 2.83. The maximum atomic E-state index is 6.13. The number of aryl methyl sites for hydroxylation is 2. The second kappa shape index (κ2) is 6.06. The second-order valence-corrected chi connectivity index (χ2v) is 4.88. The SMILES string of the molecule is CCCc1nc(Cl)c(C)c(NCc2ccc(C)o2)n1. The number of halogens is 1. The van der Waals surface area contributed by atoms with Gasteiger partial charge in [-0.15, -0.1) is 0 Å². The lowest BCUT2D eigenvalue weighted by Crippen LogP contribution is -2.07. The van der Waals surface area contributed by atoms with Crippen LogP contribution in [0.5, 0.6) is 0 Å². The van der Waals surface area contributed by atoms with E-state index < -0.39 is 0 Å². The predicted octanol–water partition coefficient (Wildman–Crippen LogP) is 3.90. The minimum absolute atomic E-state index is 0.511. The number of rotatable bonds is 5. The summed E-state index contributed by atoms with van der Waals surface area (Å²) in [6.07, 6.45) is 1.82. The van der Waals surface area contributed by atoms with E-state index in [9.17, 15) is 0 Å². The van der Waals surface area contributed by atoms with E-state index in [4.69, 9.17) is 16.0 Å². The quantitative estimate of drug-likeness (QED) is 0.843. The van der Waals surface area contributed by atoms with Crippen LogP contribution in [0.3, 0.4) is 0 Å². The molecule has 0 saturated heterocycles. The Hall–Kier alpha value is -1.55. The van der Waals surface area contributed by atoms with Gasteiger partial charge in [-0.05, 0) is 32.4 Å². The Kier molecular flexibility index (Phi) is 4.43. The van der Waals surface area contributed by atoms with Crippen LogP contribution in [0.1, 0.15) is 36.3 Å². The summed E-state index contributed by atoms with van der Waals surface area (Å²) < 4.78 is 5.51. The van der Waals surface area contributed by atoms with Gasteiger partial charge in [0.1, 0.15) is 28.3 Å². The van der Waals surface area contributed by atoms with E-state index in [0.29, 0.717) is 11.7 Å². The Balaban J connectivity index is 2.14. The largest absolute Gasteiger partial charge is 0.465 e. The summed E-state index contributed by atoms with van der Waals surface area (Å²) in [4.78, 5) is 8.77. The topological polar surface area (TPSA) is 51.0 Å². The van der Waals surface area contributed by atoms with Crippen LogP contribution < -0.4 is 5.32 Å². The van der Waals surface area contributed by atoms with Gasteiger partial charge in [-0.1, -0.05) is 18.5 Å². The average Bonchev–Trinajstić information content (AvgIpc) is 2.78. The van der Waals surface area contributed by atoms with Gasteiger partial charge in [-0.2, -0.15) is 0 Å². The van der Waals surface area contributed by atoms with Gasteiger partial charge in [0.25, 0.3) is 0 Å². The van der Waals surface area contributed by atoms with Crippen molar-refractivity contribution in [1.82, 2.24) is 9.97 Å². The smallest absolute Gasteiger partial charge is 0.137 e. The number of hydrogen-bond acceptors (Lipinski definition) is 4. The first kappa shape index (κ1) is 13.9. The molecule has 0 radical (unpaired) electrons. The van der Waals surface area contributed by atoms with Crippen molar-refractivity contribution in [2.75, 3.05) is 5.32 Å². The fourth-order valence-corrected chi connectivity index (χ4v) is 1.98. The van der Waals surface area contributed by atoms with E-state index in [1.807, 2.05) is 26.0 Å². The van der Waals surface area contributed by atoms with Crippen LogP contribution in [0, 0.1) is 13.8 Å². The average molecular weight is 280 g/mol. The predicted molar refractivity (Wildman–Crippen MR) is 76.5 cm³/mol. The molecular weight excluding hydrogens is 262 g/mol. The van der Waals surface area contributed by atoms with Gasteiger partial charge in [0, 0.05) is 12.0 Å². The summed E-state index contributed by atoms with van der Waals surface area (Å²) in [5.74, 6) is 3.33. The normalized spacial score (nSPS) is 10.7. The summed E-state index contributed by atoms with van der Waals surface area (Å²) in [5, 5.41) is 3.76. The fourth-order valence-electron chi connectivity index (χ4n) is 1.79. The summed E-state index contributed by atoms with van der Waals surface area (Å²) >= 11 is 6.13. The molecule has 2 rings (SSSR count). The minimum atomic E-state index is 0.511. The van der Waals surface area contributed by atoms with Crippen molar-refractivity contribution in [3.8, 4) is 0 Å². The van der Waals surface area contributed by atoms with E-state index >= 15 is 0 Å². The van der Waals surface area contributed by atoms with E-state index in [0.717, 1.165) is 41.6 Å². The molecule has 2 aromatic rings. The number of furan rings is 1. The van der Waals surface area contributed by atoms with E-state index in [1.54, 1.807) is 0 Å². The Bertz CT molecular complexity index is 566. The highest BCUT2D eigenvalue weighted by Crippen LogP contribution is 2.21. The maximum Gasteiger partial charge on any atom is 0.137 e. The lowest BCUT2D eigenvalue weighted by Gasteiger charge is -2.10. The van der Waals surface area contributed by atoms with E-state index in [1.165, 1.54) is 0 Å². The summed E-state index contributed by atoms with van der Waals surface area (Å²) in [6, 6.07) is 3.90. The van der Waals surface area contributed by atoms with Crippen LogP contribution in [0.15, 0.2) is 16.5 Å². The molecule has 0 aliphatic rings. The summed E-state index contributed by atoms with van der Waals surface area (Å²) in [5.41, 5.74) is 0.866. The zero-order valence-corrected chi connectivity index (χ0v) is 12.2. The van der Waals surface area contributed by atoms with Gasteiger partial charge in [-0.3, -0.25) is 0 Å². The zero-order chi connectivity index (χ0) is 13.8. The number of hydrogen-bond donors (Lipinski definition) is 1. The maximum absolute atomic E-state index is 6.13. The van der Waals surface area contributed by atoms with Gasteiger partial charge >= 0.3 is 0 Å². The van der Waals surface area contributed by atoms with Crippen molar-refractivity contribution in [2.24, 2.45) is 0 Å². The van der Waals surface area contributed by atoms with Crippen LogP contribution in [0.25, 0.3) is 0 Å². The van der Waals surface area contributed by atoms with Crippen molar-refractivity contribution < 1.29 is 4.42 Å². The zero-order valence-electron chi connectivity index (χ0n) is 11.5. The van der Waals surface area contributed by atoms with E-state index in [-0.39, 0.29) is 0 Å². The molecular formula is C14H18ClN3O. The molecule has 0 saturated carbocycles. The van der Waals surface area contributed by atoms with Crippen molar-refractivity contribution in [2.45, 2.75) is 40.2 Å². The molecule has 0 atom stereocenters. The molecule has 102 valence electrons. The Labute approximate surface area is 118 Å². The molecule has 0 spiro atoms. The fraction of sp³-hybridized carbons (Fsp3) is 0.429. The molecule has 0 aliphatic heterocycles. The molecule has 0 aliphatic carbocycles. The highest BCUT2D eigenvalue weighted by molar-refractivity contribution is 6.30. The highest BCUT2D eigenvalue weighted by Gasteiger charge is 2.09. The number of nitrogens with zero attached hydrogens (tertiary/aromatic N) is 2. The minimum Gasteiger partial charge on any atom is -0.465 e. The molecule has 0 amide bonds. The molecule has 1 N–H and O–H groups in total. The highest BCUT2D eigenvalue weighted by atomic mass is 35.5. The molecule has 0 unspecified atom stereocenters. The monoisotopic (exact) mass is 279 g/mol. The summed E-state index contributed by atoms with van der Waals surface area (Å²) in [6.45, 7) is 6.52. The first-order valence-corrected chi connectivity index (χ1v) is 6.80. The molecule has 5 heteroatoms. The van der Waals surface area contributed by atoms with Crippen LogP contribution in [0.2, 0.25) is 5.15 Å². The molecule has 0 fully saturated rings. The molecule has 4 nitrogen and oxygen atoms in total. The Morgan fingerprint density at radius 2 is 2.05 bits per heavy atom. The van der Waals surface area contributed by atoms with Gasteiger partial charge in [0.2, 0.25) is 0 Å². The lowest BCUT2D eigenvalue weighted by atomic mass is 10.3. The second-order valence-electron chi connectivity index (χ2n) is 4.52. The Morgan fingerprint density at radius 3 is 2.68 bits per heavy atom. The number of nitrogens with one attached hydrogen (secondary N) is 1. The number of aromatic nitrogens is 2.